The first-order chi connectivity index (χ1) is 11.1. The fourth-order valence-electron chi connectivity index (χ4n) is 3.41. The molecule has 2 atom stereocenters. The molecule has 2 aliphatic heterocycles. The molecule has 0 saturated carbocycles. The number of likely N-dealkylation sites (N-methyl/N-ethyl adjacent to an activating group) is 1. The minimum Gasteiger partial charge on any atom is -0.381 e. The van der Waals surface area contributed by atoms with Gasteiger partial charge in [-0.1, -0.05) is 0 Å². The smallest absolute Gasteiger partial charge is 0.123 e. The minimum absolute atomic E-state index is 0.140. The molecule has 0 bridgehead atoms. The van der Waals surface area contributed by atoms with Crippen LogP contribution in [0.3, 0.4) is 0 Å². The van der Waals surface area contributed by atoms with Crippen molar-refractivity contribution in [2.75, 3.05) is 57.9 Å². The highest BCUT2D eigenvalue weighted by Gasteiger charge is 2.21. The summed E-state index contributed by atoms with van der Waals surface area (Å²) in [6, 6.07) is 5.35. The Bertz CT molecular complexity index is 511. The first-order valence-electron chi connectivity index (χ1n) is 8.67. The van der Waals surface area contributed by atoms with Crippen LogP contribution in [0.1, 0.15) is 24.9 Å². The van der Waals surface area contributed by atoms with E-state index in [2.05, 4.69) is 29.1 Å². The summed E-state index contributed by atoms with van der Waals surface area (Å²) in [5, 5.41) is 3.57. The van der Waals surface area contributed by atoms with Gasteiger partial charge in [-0.05, 0) is 50.1 Å². The molecule has 0 radical (unpaired) electrons. The summed E-state index contributed by atoms with van der Waals surface area (Å²) in [5.74, 6) is 0.425. The molecule has 1 aromatic carbocycles. The third-order valence-corrected chi connectivity index (χ3v) is 5.04. The molecule has 2 heterocycles. The van der Waals surface area contributed by atoms with Crippen molar-refractivity contribution in [1.29, 1.82) is 0 Å². The normalized spacial score (nSPS) is 24.1. The van der Waals surface area contributed by atoms with Crippen molar-refractivity contribution in [3.63, 3.8) is 0 Å². The molecule has 2 fully saturated rings. The number of hydrogen-bond donors (Lipinski definition) is 1. The van der Waals surface area contributed by atoms with Gasteiger partial charge in [0.15, 0.2) is 0 Å². The summed E-state index contributed by atoms with van der Waals surface area (Å²) < 4.78 is 19.2. The van der Waals surface area contributed by atoms with E-state index in [0.717, 1.165) is 57.9 Å². The highest BCUT2D eigenvalue weighted by molar-refractivity contribution is 5.55. The topological polar surface area (TPSA) is 27.7 Å². The zero-order chi connectivity index (χ0) is 16.2. The maximum Gasteiger partial charge on any atom is 0.123 e. The molecule has 2 aliphatic rings. The lowest BCUT2D eigenvalue weighted by Gasteiger charge is -2.36. The Morgan fingerprint density at radius 1 is 1.30 bits per heavy atom. The maximum absolute atomic E-state index is 13.8. The van der Waals surface area contributed by atoms with E-state index in [-0.39, 0.29) is 11.9 Å². The fourth-order valence-corrected chi connectivity index (χ4v) is 3.41. The maximum atomic E-state index is 13.8. The second-order valence-electron chi connectivity index (χ2n) is 6.85. The van der Waals surface area contributed by atoms with E-state index in [1.807, 2.05) is 6.07 Å². The van der Waals surface area contributed by atoms with E-state index in [0.29, 0.717) is 5.92 Å². The van der Waals surface area contributed by atoms with Gasteiger partial charge >= 0.3 is 0 Å². The predicted octanol–water partition coefficient (Wildman–Crippen LogP) is 2.26. The fraction of sp³-hybridized carbons (Fsp3) is 0.667. The first-order valence-corrected chi connectivity index (χ1v) is 8.67. The lowest BCUT2D eigenvalue weighted by Crippen LogP contribution is -2.45. The van der Waals surface area contributed by atoms with Crippen LogP contribution < -0.4 is 10.2 Å². The molecule has 0 aliphatic carbocycles. The quantitative estimate of drug-likeness (QED) is 0.900. The first kappa shape index (κ1) is 16.7. The Morgan fingerprint density at radius 2 is 2.09 bits per heavy atom. The minimum atomic E-state index is -0.157. The molecule has 0 unspecified atom stereocenters. The molecule has 4 nitrogen and oxygen atoms in total. The van der Waals surface area contributed by atoms with Gasteiger partial charge in [0, 0.05) is 51.1 Å². The number of nitrogens with zero attached hydrogens (tertiary/aromatic N) is 2. The predicted molar refractivity (Wildman–Crippen MR) is 91.5 cm³/mol. The summed E-state index contributed by atoms with van der Waals surface area (Å²) in [4.78, 5) is 4.72. The standard InChI is InChI=1S/C18H28FN3O/c1-14(20-12-15-5-10-23-13-15)17-11-16(19)3-4-18(17)22-8-6-21(2)7-9-22/h3-4,11,14-15,20H,5-10,12-13H2,1-2H3/t14-,15+/m0/s1. The summed E-state index contributed by atoms with van der Waals surface area (Å²) in [5.41, 5.74) is 2.23. The van der Waals surface area contributed by atoms with E-state index < -0.39 is 0 Å². The number of nitrogens with one attached hydrogen (secondary N) is 1. The molecule has 1 aromatic rings. The van der Waals surface area contributed by atoms with E-state index in [1.54, 1.807) is 12.1 Å². The Hall–Kier alpha value is -1.17. The van der Waals surface area contributed by atoms with Gasteiger partial charge in [0.2, 0.25) is 0 Å². The highest BCUT2D eigenvalue weighted by atomic mass is 19.1. The van der Waals surface area contributed by atoms with Crippen LogP contribution in [0.15, 0.2) is 18.2 Å². The van der Waals surface area contributed by atoms with Gasteiger partial charge in [0.25, 0.3) is 0 Å². The molecule has 0 aromatic heterocycles. The second-order valence-corrected chi connectivity index (χ2v) is 6.85. The number of hydrogen-bond acceptors (Lipinski definition) is 4. The second kappa shape index (κ2) is 7.60. The van der Waals surface area contributed by atoms with Gasteiger partial charge in [0.1, 0.15) is 5.82 Å². The summed E-state index contributed by atoms with van der Waals surface area (Å²) in [6.45, 7) is 8.87. The molecule has 3 rings (SSSR count). The van der Waals surface area contributed by atoms with E-state index in [4.69, 9.17) is 4.74 Å². The average Bonchev–Trinajstić information content (AvgIpc) is 3.07. The zero-order valence-corrected chi connectivity index (χ0v) is 14.2. The van der Waals surface area contributed by atoms with Crippen LogP contribution in [-0.4, -0.2) is 57.9 Å². The van der Waals surface area contributed by atoms with Crippen molar-refractivity contribution in [1.82, 2.24) is 10.2 Å². The Balaban J connectivity index is 1.70. The van der Waals surface area contributed by atoms with Crippen molar-refractivity contribution in [3.8, 4) is 0 Å². The van der Waals surface area contributed by atoms with Crippen molar-refractivity contribution in [2.24, 2.45) is 5.92 Å². The van der Waals surface area contributed by atoms with Crippen molar-refractivity contribution in [2.45, 2.75) is 19.4 Å². The van der Waals surface area contributed by atoms with Gasteiger partial charge in [-0.3, -0.25) is 0 Å². The number of benzene rings is 1. The van der Waals surface area contributed by atoms with Crippen molar-refractivity contribution >= 4 is 5.69 Å². The molecule has 5 heteroatoms. The molecule has 0 spiro atoms. The number of piperazine rings is 1. The third kappa shape index (κ3) is 4.22. The van der Waals surface area contributed by atoms with E-state index in [1.165, 1.54) is 5.69 Å². The van der Waals surface area contributed by atoms with Crippen LogP contribution in [0.25, 0.3) is 0 Å². The third-order valence-electron chi connectivity index (χ3n) is 5.04. The lowest BCUT2D eigenvalue weighted by atomic mass is 10.0. The van der Waals surface area contributed by atoms with Crippen molar-refractivity contribution < 1.29 is 9.13 Å². The molecule has 128 valence electrons. The van der Waals surface area contributed by atoms with Crippen LogP contribution in [0.2, 0.25) is 0 Å². The van der Waals surface area contributed by atoms with Crippen LogP contribution >= 0.6 is 0 Å². The van der Waals surface area contributed by atoms with Crippen molar-refractivity contribution in [3.05, 3.63) is 29.6 Å². The summed E-state index contributed by atoms with van der Waals surface area (Å²) >= 11 is 0. The number of rotatable bonds is 5. The van der Waals surface area contributed by atoms with E-state index >= 15 is 0 Å². The average molecular weight is 321 g/mol. The molecule has 1 N–H and O–H groups in total. The Labute approximate surface area is 138 Å². The number of ether oxygens (including phenoxy) is 1. The van der Waals surface area contributed by atoms with Gasteiger partial charge in [-0.15, -0.1) is 0 Å². The Morgan fingerprint density at radius 3 is 2.78 bits per heavy atom. The van der Waals surface area contributed by atoms with Crippen LogP contribution in [0.4, 0.5) is 10.1 Å². The molecule has 23 heavy (non-hydrogen) atoms. The van der Waals surface area contributed by atoms with Gasteiger partial charge in [0.05, 0.1) is 6.61 Å². The van der Waals surface area contributed by atoms with Gasteiger partial charge < -0.3 is 19.9 Å². The number of halogens is 1. The molecule has 0 amide bonds. The lowest BCUT2D eigenvalue weighted by molar-refractivity contribution is 0.184. The monoisotopic (exact) mass is 321 g/mol. The molecular weight excluding hydrogens is 293 g/mol. The van der Waals surface area contributed by atoms with Crippen LogP contribution in [0, 0.1) is 11.7 Å². The summed E-state index contributed by atoms with van der Waals surface area (Å²) in [6.07, 6.45) is 1.12. The van der Waals surface area contributed by atoms with Crippen LogP contribution in [0.5, 0.6) is 0 Å². The Kier molecular flexibility index (Phi) is 5.51. The number of anilines is 1. The van der Waals surface area contributed by atoms with Crippen LogP contribution in [-0.2, 0) is 4.74 Å². The zero-order valence-electron chi connectivity index (χ0n) is 14.2. The van der Waals surface area contributed by atoms with Gasteiger partial charge in [-0.25, -0.2) is 4.39 Å². The highest BCUT2D eigenvalue weighted by Crippen LogP contribution is 2.28. The molecule has 2 saturated heterocycles. The summed E-state index contributed by atoms with van der Waals surface area (Å²) in [7, 11) is 2.15. The largest absolute Gasteiger partial charge is 0.381 e. The van der Waals surface area contributed by atoms with E-state index in [9.17, 15) is 4.39 Å². The SMILES string of the molecule is C[C@H](NC[C@H]1CCOC1)c1cc(F)ccc1N1CCN(C)CC1. The molecular formula is C18H28FN3O. The van der Waals surface area contributed by atoms with Gasteiger partial charge in [-0.2, -0.15) is 0 Å².